The van der Waals surface area contributed by atoms with E-state index in [1.807, 2.05) is 11.8 Å². The number of rotatable bonds is 3. The zero-order chi connectivity index (χ0) is 9.80. The maximum Gasteiger partial charge on any atom is 0.252 e. The quantitative estimate of drug-likeness (QED) is 0.820. The Labute approximate surface area is 87.1 Å². The topological polar surface area (TPSA) is 59.2 Å². The van der Waals surface area contributed by atoms with Crippen LogP contribution in [0.25, 0.3) is 0 Å². The Hall–Kier alpha value is -0.550. The van der Waals surface area contributed by atoms with Gasteiger partial charge in [0.25, 0.3) is 5.89 Å². The first-order valence-electron chi connectivity index (χ1n) is 4.88. The van der Waals surface area contributed by atoms with Crippen molar-refractivity contribution >= 4 is 11.8 Å². The fourth-order valence-electron chi connectivity index (χ4n) is 1.66. The Balaban J connectivity index is 1.89. The highest BCUT2D eigenvalue weighted by atomic mass is 32.2. The first kappa shape index (κ1) is 9.98. The molecule has 0 aliphatic carbocycles. The molecule has 1 unspecified atom stereocenters. The molecule has 5 heteroatoms. The lowest BCUT2D eigenvalue weighted by molar-refractivity contribution is 0.222. The average Bonchev–Trinajstić information content (AvgIpc) is 2.67. The molecule has 0 aromatic carbocycles. The molecule has 0 amide bonds. The van der Waals surface area contributed by atoms with Crippen molar-refractivity contribution in [3.8, 4) is 0 Å². The van der Waals surface area contributed by atoms with Gasteiger partial charge in [-0.1, -0.05) is 5.16 Å². The summed E-state index contributed by atoms with van der Waals surface area (Å²) in [7, 11) is 0. The highest BCUT2D eigenvalue weighted by Gasteiger charge is 2.17. The molecule has 1 fully saturated rings. The summed E-state index contributed by atoms with van der Waals surface area (Å²) in [6, 6.07) is 0. The van der Waals surface area contributed by atoms with Crippen LogP contribution in [0.4, 0.5) is 0 Å². The molecule has 0 spiro atoms. The normalized spacial score (nSPS) is 22.5. The molecule has 0 saturated carbocycles. The molecule has 1 aromatic heterocycles. The van der Waals surface area contributed by atoms with E-state index >= 15 is 0 Å². The summed E-state index contributed by atoms with van der Waals surface area (Å²) in [6.45, 7) is -0.160. The van der Waals surface area contributed by atoms with Crippen LogP contribution in [0.5, 0.6) is 0 Å². The Morgan fingerprint density at radius 2 is 2.50 bits per heavy atom. The molecule has 0 bridgehead atoms. The molecule has 14 heavy (non-hydrogen) atoms. The van der Waals surface area contributed by atoms with Gasteiger partial charge in [0.15, 0.2) is 5.82 Å². The SMILES string of the molecule is OCc1nc(CC2CCCSC2)no1. The van der Waals surface area contributed by atoms with Crippen LogP contribution in [0, 0.1) is 5.92 Å². The van der Waals surface area contributed by atoms with E-state index in [1.165, 1.54) is 24.3 Å². The molecule has 4 nitrogen and oxygen atoms in total. The third-order valence-corrected chi connectivity index (χ3v) is 3.66. The van der Waals surface area contributed by atoms with Gasteiger partial charge in [-0.25, -0.2) is 0 Å². The molecule has 0 radical (unpaired) electrons. The van der Waals surface area contributed by atoms with Crippen LogP contribution in [0.2, 0.25) is 0 Å². The first-order chi connectivity index (χ1) is 6.88. The number of hydrogen-bond acceptors (Lipinski definition) is 5. The van der Waals surface area contributed by atoms with Gasteiger partial charge in [0.05, 0.1) is 0 Å². The lowest BCUT2D eigenvalue weighted by atomic mass is 10.0. The minimum Gasteiger partial charge on any atom is -0.387 e. The van der Waals surface area contributed by atoms with Crippen molar-refractivity contribution in [3.05, 3.63) is 11.7 Å². The lowest BCUT2D eigenvalue weighted by Gasteiger charge is -2.19. The van der Waals surface area contributed by atoms with E-state index < -0.39 is 0 Å². The molecule has 1 saturated heterocycles. The van der Waals surface area contributed by atoms with E-state index in [2.05, 4.69) is 10.1 Å². The van der Waals surface area contributed by atoms with Gasteiger partial charge in [-0.2, -0.15) is 16.7 Å². The molecule has 1 aliphatic heterocycles. The number of aliphatic hydroxyl groups is 1. The van der Waals surface area contributed by atoms with Crippen LogP contribution in [0.15, 0.2) is 4.52 Å². The summed E-state index contributed by atoms with van der Waals surface area (Å²) in [5.74, 6) is 4.22. The number of thioether (sulfide) groups is 1. The minimum absolute atomic E-state index is 0.160. The second-order valence-corrected chi connectivity index (χ2v) is 4.70. The van der Waals surface area contributed by atoms with E-state index in [-0.39, 0.29) is 6.61 Å². The van der Waals surface area contributed by atoms with Crippen molar-refractivity contribution < 1.29 is 9.63 Å². The molecular weight excluding hydrogens is 200 g/mol. The smallest absolute Gasteiger partial charge is 0.252 e. The Kier molecular flexibility index (Phi) is 3.42. The molecule has 78 valence electrons. The van der Waals surface area contributed by atoms with Crippen molar-refractivity contribution in [1.29, 1.82) is 0 Å². The van der Waals surface area contributed by atoms with E-state index in [0.717, 1.165) is 12.2 Å². The van der Waals surface area contributed by atoms with Crippen molar-refractivity contribution in [3.63, 3.8) is 0 Å². The fraction of sp³-hybridized carbons (Fsp3) is 0.778. The molecule has 1 aliphatic rings. The van der Waals surface area contributed by atoms with Crippen LogP contribution in [0.3, 0.4) is 0 Å². The molecule has 1 aromatic rings. The summed E-state index contributed by atoms with van der Waals surface area (Å²) in [5, 5.41) is 12.6. The van der Waals surface area contributed by atoms with Crippen molar-refractivity contribution in [2.45, 2.75) is 25.9 Å². The predicted molar refractivity (Wildman–Crippen MR) is 54.0 cm³/mol. The van der Waals surface area contributed by atoms with Gasteiger partial charge in [-0.3, -0.25) is 0 Å². The van der Waals surface area contributed by atoms with Crippen molar-refractivity contribution in [2.75, 3.05) is 11.5 Å². The van der Waals surface area contributed by atoms with E-state index in [0.29, 0.717) is 11.8 Å². The number of aliphatic hydroxyl groups excluding tert-OH is 1. The maximum absolute atomic E-state index is 8.76. The zero-order valence-electron chi connectivity index (χ0n) is 7.98. The summed E-state index contributed by atoms with van der Waals surface area (Å²) < 4.78 is 4.84. The van der Waals surface area contributed by atoms with Gasteiger partial charge in [0, 0.05) is 6.42 Å². The van der Waals surface area contributed by atoms with Crippen LogP contribution >= 0.6 is 11.8 Å². The third kappa shape index (κ3) is 2.48. The van der Waals surface area contributed by atoms with Gasteiger partial charge in [0.1, 0.15) is 6.61 Å². The van der Waals surface area contributed by atoms with Gasteiger partial charge >= 0.3 is 0 Å². The number of hydrogen-bond donors (Lipinski definition) is 1. The Morgan fingerprint density at radius 3 is 3.14 bits per heavy atom. The maximum atomic E-state index is 8.76. The van der Waals surface area contributed by atoms with Crippen LogP contribution in [0.1, 0.15) is 24.6 Å². The number of aromatic nitrogens is 2. The molecule has 2 rings (SSSR count). The molecular formula is C9H14N2O2S. The third-order valence-electron chi connectivity index (χ3n) is 2.37. The second-order valence-electron chi connectivity index (χ2n) is 3.55. The average molecular weight is 214 g/mol. The zero-order valence-corrected chi connectivity index (χ0v) is 8.79. The summed E-state index contributed by atoms with van der Waals surface area (Å²) in [4.78, 5) is 4.09. The predicted octanol–water partition coefficient (Wildman–Crippen LogP) is 1.25. The molecule has 1 N–H and O–H groups in total. The largest absolute Gasteiger partial charge is 0.387 e. The fourth-order valence-corrected chi connectivity index (χ4v) is 2.82. The van der Waals surface area contributed by atoms with E-state index in [9.17, 15) is 0 Å². The van der Waals surface area contributed by atoms with Crippen LogP contribution < -0.4 is 0 Å². The van der Waals surface area contributed by atoms with Gasteiger partial charge in [-0.15, -0.1) is 0 Å². The summed E-state index contributed by atoms with van der Waals surface area (Å²) in [5.41, 5.74) is 0. The highest BCUT2D eigenvalue weighted by Crippen LogP contribution is 2.24. The monoisotopic (exact) mass is 214 g/mol. The first-order valence-corrected chi connectivity index (χ1v) is 6.04. The van der Waals surface area contributed by atoms with Gasteiger partial charge < -0.3 is 9.63 Å². The highest BCUT2D eigenvalue weighted by molar-refractivity contribution is 7.99. The van der Waals surface area contributed by atoms with Crippen LogP contribution in [-0.4, -0.2) is 26.8 Å². The number of nitrogens with zero attached hydrogens (tertiary/aromatic N) is 2. The second kappa shape index (κ2) is 4.79. The minimum atomic E-state index is -0.160. The Bertz CT molecular complexity index is 284. The Morgan fingerprint density at radius 1 is 1.57 bits per heavy atom. The summed E-state index contributed by atoms with van der Waals surface area (Å²) >= 11 is 2.00. The van der Waals surface area contributed by atoms with Crippen molar-refractivity contribution in [1.82, 2.24) is 10.1 Å². The van der Waals surface area contributed by atoms with Crippen molar-refractivity contribution in [2.24, 2.45) is 5.92 Å². The lowest BCUT2D eigenvalue weighted by Crippen LogP contribution is -2.13. The van der Waals surface area contributed by atoms with Gasteiger partial charge in [0.2, 0.25) is 0 Å². The molecule has 1 atom stereocenters. The van der Waals surface area contributed by atoms with Crippen LogP contribution in [-0.2, 0) is 13.0 Å². The molecule has 2 heterocycles. The van der Waals surface area contributed by atoms with Gasteiger partial charge in [-0.05, 0) is 30.3 Å². The van der Waals surface area contributed by atoms with E-state index in [4.69, 9.17) is 9.63 Å². The summed E-state index contributed by atoms with van der Waals surface area (Å²) in [6.07, 6.45) is 3.44. The standard InChI is InChI=1S/C9H14N2O2S/c12-5-9-10-8(11-13-9)4-7-2-1-3-14-6-7/h7,12H,1-6H2. The van der Waals surface area contributed by atoms with E-state index in [1.54, 1.807) is 0 Å².